The van der Waals surface area contributed by atoms with Crippen LogP contribution in [0.3, 0.4) is 0 Å². The molecule has 0 heterocycles. The van der Waals surface area contributed by atoms with E-state index < -0.39 is 0 Å². The average molecular weight is 475 g/mol. The number of hydrogen-bond donors (Lipinski definition) is 0. The quantitative estimate of drug-likeness (QED) is 0.285. The van der Waals surface area contributed by atoms with Gasteiger partial charge in [0, 0.05) is 0 Å². The van der Waals surface area contributed by atoms with Crippen LogP contribution in [-0.4, -0.2) is 0 Å². The van der Waals surface area contributed by atoms with E-state index in [1.54, 1.807) is 0 Å². The molecule has 0 amide bonds. The lowest BCUT2D eigenvalue weighted by Gasteiger charge is -2.28. The van der Waals surface area contributed by atoms with Crippen molar-refractivity contribution in [1.82, 2.24) is 0 Å². The van der Waals surface area contributed by atoms with Gasteiger partial charge in [-0.25, -0.2) is 4.39 Å². The molecule has 0 saturated heterocycles. The predicted molar refractivity (Wildman–Crippen MR) is 146 cm³/mol. The zero-order valence-corrected chi connectivity index (χ0v) is 21.3. The zero-order valence-electron chi connectivity index (χ0n) is 20.5. The Morgan fingerprint density at radius 3 is 2.06 bits per heavy atom. The van der Waals surface area contributed by atoms with Crippen LogP contribution in [0.15, 0.2) is 60.7 Å². The molecule has 0 unspecified atom stereocenters. The van der Waals surface area contributed by atoms with Crippen molar-refractivity contribution < 1.29 is 4.39 Å². The molecule has 0 radical (unpaired) electrons. The maximum atomic E-state index is 14.4. The minimum Gasteiger partial charge on any atom is -0.205 e. The molecule has 0 aromatic heterocycles. The largest absolute Gasteiger partial charge is 0.205 e. The molecule has 2 heteroatoms. The lowest BCUT2D eigenvalue weighted by atomic mass is 9.77. The third kappa shape index (κ3) is 5.99. The maximum Gasteiger partial charge on any atom is 0.145 e. The molecule has 1 saturated carbocycles. The highest BCUT2D eigenvalue weighted by atomic mass is 35.5. The van der Waals surface area contributed by atoms with Crippen molar-refractivity contribution in [2.75, 3.05) is 0 Å². The number of hydrogen-bond acceptors (Lipinski definition) is 0. The van der Waals surface area contributed by atoms with E-state index in [0.717, 1.165) is 23.8 Å². The normalized spacial score (nSPS) is 18.5. The number of aryl methyl sites for hydroxylation is 1. The van der Waals surface area contributed by atoms with E-state index in [-0.39, 0.29) is 10.8 Å². The van der Waals surface area contributed by atoms with Crippen LogP contribution in [0.4, 0.5) is 4.39 Å². The van der Waals surface area contributed by atoms with Crippen LogP contribution in [0.2, 0.25) is 5.02 Å². The van der Waals surface area contributed by atoms with Gasteiger partial charge in [0.15, 0.2) is 0 Å². The molecule has 3 aromatic rings. The first-order valence-corrected chi connectivity index (χ1v) is 13.3. The second-order valence-electron chi connectivity index (χ2n) is 9.78. The van der Waals surface area contributed by atoms with Gasteiger partial charge >= 0.3 is 0 Å². The topological polar surface area (TPSA) is 0 Å². The van der Waals surface area contributed by atoms with Crippen LogP contribution in [0.5, 0.6) is 0 Å². The summed E-state index contributed by atoms with van der Waals surface area (Å²) in [5, 5.41) is 0.206. The lowest BCUT2D eigenvalue weighted by Crippen LogP contribution is -2.13. The Morgan fingerprint density at radius 1 is 0.794 bits per heavy atom. The minimum atomic E-state index is -0.293. The summed E-state index contributed by atoms with van der Waals surface area (Å²) in [6.07, 6.45) is 13.6. The molecule has 3 aromatic carbocycles. The van der Waals surface area contributed by atoms with Crippen LogP contribution >= 0.6 is 11.6 Å². The van der Waals surface area contributed by atoms with Crippen molar-refractivity contribution in [2.45, 2.75) is 71.1 Å². The molecule has 34 heavy (non-hydrogen) atoms. The Labute approximate surface area is 209 Å². The summed E-state index contributed by atoms with van der Waals surface area (Å²) in [6.45, 7) is 4.34. The number of halogens is 2. The van der Waals surface area contributed by atoms with E-state index >= 15 is 0 Å². The highest BCUT2D eigenvalue weighted by Crippen LogP contribution is 2.38. The molecule has 1 aliphatic rings. The van der Waals surface area contributed by atoms with Gasteiger partial charge in [-0.3, -0.25) is 0 Å². The van der Waals surface area contributed by atoms with Crippen molar-refractivity contribution in [1.29, 1.82) is 0 Å². The summed E-state index contributed by atoms with van der Waals surface area (Å²) in [7, 11) is 0. The predicted octanol–water partition coefficient (Wildman–Crippen LogP) is 10.3. The first kappa shape index (κ1) is 24.7. The lowest BCUT2D eigenvalue weighted by molar-refractivity contribution is 0.308. The molecule has 0 nitrogen and oxygen atoms in total. The van der Waals surface area contributed by atoms with E-state index in [1.165, 1.54) is 55.2 Å². The Bertz CT molecular complexity index is 1090. The van der Waals surface area contributed by atoms with Crippen molar-refractivity contribution >= 4 is 23.8 Å². The first-order valence-electron chi connectivity index (χ1n) is 12.9. The van der Waals surface area contributed by atoms with Gasteiger partial charge in [0.2, 0.25) is 0 Å². The Morgan fingerprint density at radius 2 is 1.44 bits per heavy atom. The highest BCUT2D eigenvalue weighted by molar-refractivity contribution is 6.32. The summed E-state index contributed by atoms with van der Waals surface area (Å²) in [6, 6.07) is 21.4. The monoisotopic (exact) mass is 474 g/mol. The van der Waals surface area contributed by atoms with Gasteiger partial charge < -0.3 is 0 Å². The Balaban J connectivity index is 1.40. The molecule has 0 N–H and O–H groups in total. The molecule has 0 aliphatic heterocycles. The molecule has 178 valence electrons. The standard InChI is InChI=1S/C32H36ClF/c1-3-5-23-7-12-25(13-8-23)27-17-19-28(20-18-27)26-14-9-24(10-15-26)11-16-29-21-22-30(6-4-2)32(34)31(29)33/h9-11,14-23,25H,3-8,12-13H2,1-2H3. The average Bonchev–Trinajstić information content (AvgIpc) is 2.88. The van der Waals surface area contributed by atoms with E-state index in [2.05, 4.69) is 55.5 Å². The van der Waals surface area contributed by atoms with Gasteiger partial charge in [0.1, 0.15) is 5.82 Å². The maximum absolute atomic E-state index is 14.4. The molecule has 4 rings (SSSR count). The van der Waals surface area contributed by atoms with Gasteiger partial charge in [-0.1, -0.05) is 118 Å². The minimum absolute atomic E-state index is 0.206. The molecular weight excluding hydrogens is 439 g/mol. The van der Waals surface area contributed by atoms with Crippen molar-refractivity contribution in [3.05, 3.63) is 93.8 Å². The SMILES string of the molecule is CCCc1ccc(C=Cc2ccc(-c3ccc(C4CCC(CCC)CC4)cc3)cc2)c(Cl)c1F. The van der Waals surface area contributed by atoms with Crippen LogP contribution in [0.1, 0.15) is 87.0 Å². The summed E-state index contributed by atoms with van der Waals surface area (Å²) < 4.78 is 14.4. The third-order valence-corrected chi connectivity index (χ3v) is 7.72. The van der Waals surface area contributed by atoms with E-state index in [0.29, 0.717) is 17.5 Å². The van der Waals surface area contributed by atoms with Crippen LogP contribution in [0.25, 0.3) is 23.3 Å². The van der Waals surface area contributed by atoms with Crippen LogP contribution in [-0.2, 0) is 6.42 Å². The molecule has 0 bridgehead atoms. The second kappa shape index (κ2) is 11.8. The van der Waals surface area contributed by atoms with Gasteiger partial charge in [-0.15, -0.1) is 0 Å². The molecule has 1 aliphatic carbocycles. The van der Waals surface area contributed by atoms with Crippen LogP contribution in [0, 0.1) is 11.7 Å². The fraction of sp³-hybridized carbons (Fsp3) is 0.375. The van der Waals surface area contributed by atoms with Gasteiger partial charge in [0.25, 0.3) is 0 Å². The van der Waals surface area contributed by atoms with Gasteiger partial charge in [-0.2, -0.15) is 0 Å². The van der Waals surface area contributed by atoms with Crippen molar-refractivity contribution in [3.8, 4) is 11.1 Å². The second-order valence-corrected chi connectivity index (χ2v) is 10.2. The number of rotatable bonds is 8. The fourth-order valence-corrected chi connectivity index (χ4v) is 5.56. The summed E-state index contributed by atoms with van der Waals surface area (Å²) in [4.78, 5) is 0. The van der Waals surface area contributed by atoms with Crippen molar-refractivity contribution in [2.24, 2.45) is 5.92 Å². The van der Waals surface area contributed by atoms with Crippen molar-refractivity contribution in [3.63, 3.8) is 0 Å². The summed E-state index contributed by atoms with van der Waals surface area (Å²) in [5.74, 6) is 1.38. The zero-order chi connectivity index (χ0) is 23.9. The first-order chi connectivity index (χ1) is 16.6. The Kier molecular flexibility index (Phi) is 8.62. The van der Waals surface area contributed by atoms with Gasteiger partial charge in [-0.05, 0) is 77.3 Å². The molecule has 0 atom stereocenters. The molecule has 1 fully saturated rings. The van der Waals surface area contributed by atoms with E-state index in [1.807, 2.05) is 31.2 Å². The summed E-state index contributed by atoms with van der Waals surface area (Å²) in [5.41, 5.74) is 6.41. The molecule has 0 spiro atoms. The third-order valence-electron chi connectivity index (χ3n) is 7.34. The molecular formula is C32H36ClF. The smallest absolute Gasteiger partial charge is 0.145 e. The Hall–Kier alpha value is -2.38. The number of benzene rings is 3. The summed E-state index contributed by atoms with van der Waals surface area (Å²) >= 11 is 6.27. The highest BCUT2D eigenvalue weighted by Gasteiger charge is 2.21. The van der Waals surface area contributed by atoms with Gasteiger partial charge in [0.05, 0.1) is 5.02 Å². The van der Waals surface area contributed by atoms with Crippen LogP contribution < -0.4 is 0 Å². The fourth-order valence-electron chi connectivity index (χ4n) is 5.31. The van der Waals surface area contributed by atoms with E-state index in [9.17, 15) is 4.39 Å². The van der Waals surface area contributed by atoms with E-state index in [4.69, 9.17) is 11.6 Å².